The van der Waals surface area contributed by atoms with Gasteiger partial charge in [-0.15, -0.1) is 11.3 Å². The molecule has 0 aliphatic carbocycles. The average molecular weight is 437 g/mol. The lowest BCUT2D eigenvalue weighted by Crippen LogP contribution is -2.39. The normalized spacial score (nSPS) is 14.4. The monoisotopic (exact) mass is 436 g/mol. The van der Waals surface area contributed by atoms with E-state index in [2.05, 4.69) is 53.5 Å². The van der Waals surface area contributed by atoms with Crippen LogP contribution in [0, 0.1) is 5.92 Å². The van der Waals surface area contributed by atoms with Crippen molar-refractivity contribution < 1.29 is 14.3 Å². The quantitative estimate of drug-likeness (QED) is 0.464. The molecule has 6 heteroatoms. The number of thiazole rings is 1. The van der Waals surface area contributed by atoms with Gasteiger partial charge in [0.05, 0.1) is 17.0 Å². The Morgan fingerprint density at radius 1 is 1.03 bits per heavy atom. The predicted molar refractivity (Wildman–Crippen MR) is 122 cm³/mol. The molecule has 1 amide bonds. The maximum atomic E-state index is 12.2. The summed E-state index contributed by atoms with van der Waals surface area (Å²) in [4.78, 5) is 19.0. The zero-order valence-electron chi connectivity index (χ0n) is 17.6. The van der Waals surface area contributed by atoms with Crippen molar-refractivity contribution in [2.45, 2.75) is 32.3 Å². The number of benzene rings is 2. The van der Waals surface area contributed by atoms with E-state index in [1.54, 1.807) is 11.7 Å². The van der Waals surface area contributed by atoms with Crippen molar-refractivity contribution in [3.8, 4) is 5.75 Å². The van der Waals surface area contributed by atoms with E-state index in [0.29, 0.717) is 19.1 Å². The van der Waals surface area contributed by atoms with Gasteiger partial charge in [0.2, 0.25) is 0 Å². The molecule has 0 atom stereocenters. The summed E-state index contributed by atoms with van der Waals surface area (Å²) in [5.41, 5.74) is 4.35. The van der Waals surface area contributed by atoms with Gasteiger partial charge in [-0.2, -0.15) is 0 Å². The fourth-order valence-electron chi connectivity index (χ4n) is 3.82. The number of likely N-dealkylation sites (tertiary alicyclic amines) is 1. The minimum Gasteiger partial charge on any atom is -0.494 e. The molecule has 1 saturated heterocycles. The van der Waals surface area contributed by atoms with Gasteiger partial charge in [0.25, 0.3) is 0 Å². The van der Waals surface area contributed by atoms with Crippen molar-refractivity contribution in [3.63, 3.8) is 0 Å². The molecular formula is C25H28N2O3S. The van der Waals surface area contributed by atoms with Gasteiger partial charge in [0, 0.05) is 19.3 Å². The molecule has 2 heterocycles. The Kier molecular flexibility index (Phi) is 7.56. The lowest BCUT2D eigenvalue weighted by Gasteiger charge is -2.31. The summed E-state index contributed by atoms with van der Waals surface area (Å²) in [6.07, 6.45) is 5.45. The number of hydrogen-bond donors (Lipinski definition) is 0. The van der Waals surface area contributed by atoms with Gasteiger partial charge >= 0.3 is 6.09 Å². The number of aromatic nitrogens is 1. The Morgan fingerprint density at radius 3 is 2.48 bits per heavy atom. The van der Waals surface area contributed by atoms with E-state index in [-0.39, 0.29) is 6.09 Å². The number of nitrogens with zero attached hydrogens (tertiary/aromatic N) is 2. The van der Waals surface area contributed by atoms with Crippen LogP contribution >= 0.6 is 11.3 Å². The third-order valence-corrected chi connectivity index (χ3v) is 6.42. The lowest BCUT2D eigenvalue weighted by atomic mass is 9.94. The molecule has 0 N–H and O–H groups in total. The first-order chi connectivity index (χ1) is 15.3. The minimum atomic E-state index is -0.223. The molecule has 0 spiro atoms. The molecule has 0 saturated carbocycles. The molecule has 5 nitrogen and oxygen atoms in total. The van der Waals surface area contributed by atoms with Crippen molar-refractivity contribution in [1.29, 1.82) is 0 Å². The van der Waals surface area contributed by atoms with E-state index in [4.69, 9.17) is 9.47 Å². The van der Waals surface area contributed by atoms with E-state index in [1.807, 2.05) is 11.0 Å². The van der Waals surface area contributed by atoms with Crippen LogP contribution in [0.25, 0.3) is 0 Å². The molecule has 0 radical (unpaired) electrons. The second kappa shape index (κ2) is 11.0. The summed E-state index contributed by atoms with van der Waals surface area (Å²) in [6.45, 7) is 2.51. The topological polar surface area (TPSA) is 51.7 Å². The van der Waals surface area contributed by atoms with Crippen LogP contribution in [0.3, 0.4) is 0 Å². The summed E-state index contributed by atoms with van der Waals surface area (Å²) in [5.74, 6) is 1.50. The fraction of sp³-hybridized carbons (Fsp3) is 0.360. The van der Waals surface area contributed by atoms with Crippen molar-refractivity contribution >= 4 is 17.4 Å². The second-order valence-electron chi connectivity index (χ2n) is 7.90. The van der Waals surface area contributed by atoms with Gasteiger partial charge < -0.3 is 14.4 Å². The molecule has 162 valence electrons. The Labute approximate surface area is 187 Å². The van der Waals surface area contributed by atoms with Crippen LogP contribution in [0.15, 0.2) is 66.3 Å². The smallest absolute Gasteiger partial charge is 0.410 e. The predicted octanol–water partition coefficient (Wildman–Crippen LogP) is 5.55. The molecular weight excluding hydrogens is 408 g/mol. The third-order valence-electron chi connectivity index (χ3n) is 5.66. The van der Waals surface area contributed by atoms with Crippen molar-refractivity contribution in [3.05, 3.63) is 82.3 Å². The SMILES string of the molecule is O=C(OCc1cncs1)N1CCC(CCOc2ccc(Cc3ccccc3)cc2)CC1. The Bertz CT molecular complexity index is 921. The Hall–Kier alpha value is -2.86. The summed E-state index contributed by atoms with van der Waals surface area (Å²) in [7, 11) is 0. The maximum absolute atomic E-state index is 12.2. The minimum absolute atomic E-state index is 0.223. The molecule has 4 rings (SSSR count). The number of rotatable bonds is 8. The largest absolute Gasteiger partial charge is 0.494 e. The summed E-state index contributed by atoms with van der Waals surface area (Å²) < 4.78 is 11.3. The van der Waals surface area contributed by atoms with Crippen molar-refractivity contribution in [1.82, 2.24) is 9.88 Å². The van der Waals surface area contributed by atoms with Crippen LogP contribution in [0.1, 0.15) is 35.3 Å². The van der Waals surface area contributed by atoms with E-state index >= 15 is 0 Å². The highest BCUT2D eigenvalue weighted by Gasteiger charge is 2.23. The molecule has 1 fully saturated rings. The first kappa shape index (κ1) is 21.4. The van der Waals surface area contributed by atoms with Gasteiger partial charge in [-0.1, -0.05) is 42.5 Å². The third kappa shape index (κ3) is 6.56. The first-order valence-corrected chi connectivity index (χ1v) is 11.7. The van der Waals surface area contributed by atoms with Gasteiger partial charge in [0.15, 0.2) is 0 Å². The summed E-state index contributed by atoms with van der Waals surface area (Å²) >= 11 is 1.50. The number of ether oxygens (including phenoxy) is 2. The fourth-order valence-corrected chi connectivity index (χ4v) is 4.33. The number of carbonyl (C=O) groups is 1. The molecule has 1 aliphatic heterocycles. The van der Waals surface area contributed by atoms with Crippen molar-refractivity contribution in [2.24, 2.45) is 5.92 Å². The number of hydrogen-bond acceptors (Lipinski definition) is 5. The van der Waals surface area contributed by atoms with E-state index in [0.717, 1.165) is 49.4 Å². The standard InChI is InChI=1S/C25H28N2O3S/c28-25(30-18-24-17-26-19-31-24)27-13-10-20(11-14-27)12-15-29-23-8-6-22(7-9-23)16-21-4-2-1-3-5-21/h1-9,17,19-20H,10-16,18H2. The van der Waals surface area contributed by atoms with Crippen LogP contribution in [0.5, 0.6) is 5.75 Å². The van der Waals surface area contributed by atoms with Crippen LogP contribution in [-0.2, 0) is 17.8 Å². The Balaban J connectivity index is 1.13. The van der Waals surface area contributed by atoms with Crippen molar-refractivity contribution in [2.75, 3.05) is 19.7 Å². The van der Waals surface area contributed by atoms with E-state index in [9.17, 15) is 4.79 Å². The molecule has 1 aliphatic rings. The molecule has 31 heavy (non-hydrogen) atoms. The van der Waals surface area contributed by atoms with E-state index < -0.39 is 0 Å². The van der Waals surface area contributed by atoms with E-state index in [1.165, 1.54) is 22.5 Å². The first-order valence-electron chi connectivity index (χ1n) is 10.8. The van der Waals surface area contributed by atoms with Crippen LogP contribution in [0.2, 0.25) is 0 Å². The molecule has 0 bridgehead atoms. The zero-order chi connectivity index (χ0) is 21.3. The lowest BCUT2D eigenvalue weighted by molar-refractivity contribution is 0.0807. The number of carbonyl (C=O) groups excluding carboxylic acids is 1. The summed E-state index contributed by atoms with van der Waals surface area (Å²) in [5, 5.41) is 0. The highest BCUT2D eigenvalue weighted by Crippen LogP contribution is 2.22. The maximum Gasteiger partial charge on any atom is 0.410 e. The highest BCUT2D eigenvalue weighted by molar-refractivity contribution is 7.09. The van der Waals surface area contributed by atoms with Gasteiger partial charge in [-0.05, 0) is 54.9 Å². The molecule has 0 unspecified atom stereocenters. The average Bonchev–Trinajstić information content (AvgIpc) is 3.34. The molecule has 1 aromatic heterocycles. The second-order valence-corrected chi connectivity index (χ2v) is 8.87. The van der Waals surface area contributed by atoms with Crippen LogP contribution in [-0.4, -0.2) is 35.7 Å². The number of amides is 1. The highest BCUT2D eigenvalue weighted by atomic mass is 32.1. The zero-order valence-corrected chi connectivity index (χ0v) is 18.4. The van der Waals surface area contributed by atoms with Gasteiger partial charge in [-0.25, -0.2) is 4.79 Å². The van der Waals surface area contributed by atoms with Crippen LogP contribution in [0.4, 0.5) is 4.79 Å². The van der Waals surface area contributed by atoms with Gasteiger partial charge in [0.1, 0.15) is 12.4 Å². The summed E-state index contributed by atoms with van der Waals surface area (Å²) in [6, 6.07) is 18.9. The molecule has 3 aromatic rings. The van der Waals surface area contributed by atoms with Gasteiger partial charge in [-0.3, -0.25) is 4.98 Å². The molecule has 2 aromatic carbocycles. The number of piperidine rings is 1. The van der Waals surface area contributed by atoms with Crippen LogP contribution < -0.4 is 4.74 Å². The Morgan fingerprint density at radius 2 is 1.77 bits per heavy atom.